The van der Waals surface area contributed by atoms with Crippen LogP contribution in [-0.4, -0.2) is 33.4 Å². The Labute approximate surface area is 115 Å². The van der Waals surface area contributed by atoms with Gasteiger partial charge in [0.15, 0.2) is 11.5 Å². The molecule has 1 heterocycles. The summed E-state index contributed by atoms with van der Waals surface area (Å²) in [7, 11) is 3.34. The first kappa shape index (κ1) is 14.0. The number of hydrogen-bond acceptors (Lipinski definition) is 4. The lowest BCUT2D eigenvalue weighted by atomic mass is 9.98. The van der Waals surface area contributed by atoms with E-state index in [0.29, 0.717) is 6.04 Å². The highest BCUT2D eigenvalue weighted by atomic mass is 16.5. The zero-order valence-electron chi connectivity index (χ0n) is 11.9. The lowest BCUT2D eigenvalue weighted by Gasteiger charge is -2.37. The Kier molecular flexibility index (Phi) is 4.91. The van der Waals surface area contributed by atoms with Gasteiger partial charge in [-0.3, -0.25) is 0 Å². The van der Waals surface area contributed by atoms with E-state index in [1.807, 2.05) is 6.07 Å². The summed E-state index contributed by atoms with van der Waals surface area (Å²) in [4.78, 5) is 2.46. The van der Waals surface area contributed by atoms with Gasteiger partial charge in [0, 0.05) is 24.3 Å². The number of benzene rings is 1. The highest BCUT2D eigenvalue weighted by Gasteiger charge is 2.22. The summed E-state index contributed by atoms with van der Waals surface area (Å²) in [6.45, 7) is 1.84. The molecule has 1 aromatic carbocycles. The second-order valence-corrected chi connectivity index (χ2v) is 4.96. The molecular weight excluding hydrogens is 240 g/mol. The summed E-state index contributed by atoms with van der Waals surface area (Å²) in [6.07, 6.45) is 4.82. The molecule has 1 aliphatic heterocycles. The van der Waals surface area contributed by atoms with E-state index in [9.17, 15) is 0 Å². The van der Waals surface area contributed by atoms with Gasteiger partial charge in [-0.25, -0.2) is 0 Å². The first-order valence-corrected chi connectivity index (χ1v) is 6.99. The van der Waals surface area contributed by atoms with Crippen LogP contribution in [0.1, 0.15) is 25.7 Å². The fourth-order valence-electron chi connectivity index (χ4n) is 2.84. The summed E-state index contributed by atoms with van der Waals surface area (Å²) in [5.74, 6) is 1.57. The Balaban J connectivity index is 2.23. The van der Waals surface area contributed by atoms with Crippen LogP contribution < -0.4 is 20.1 Å². The second kappa shape index (κ2) is 6.66. The predicted molar refractivity (Wildman–Crippen MR) is 78.2 cm³/mol. The van der Waals surface area contributed by atoms with Gasteiger partial charge < -0.3 is 20.1 Å². The van der Waals surface area contributed by atoms with Gasteiger partial charge in [0.2, 0.25) is 0 Å². The molecule has 1 fully saturated rings. The predicted octanol–water partition coefficient (Wildman–Crippen LogP) is 2.41. The SMILES string of the molecule is COc1ccc(N2CCCCC2CCN)cc1OC. The van der Waals surface area contributed by atoms with E-state index in [1.165, 1.54) is 24.9 Å². The Morgan fingerprint density at radius 3 is 2.68 bits per heavy atom. The zero-order chi connectivity index (χ0) is 13.7. The number of nitrogens with two attached hydrogens (primary N) is 1. The van der Waals surface area contributed by atoms with Gasteiger partial charge >= 0.3 is 0 Å². The summed E-state index contributed by atoms with van der Waals surface area (Å²) in [6, 6.07) is 6.70. The number of piperidine rings is 1. The molecule has 0 spiro atoms. The maximum Gasteiger partial charge on any atom is 0.162 e. The number of hydrogen-bond donors (Lipinski definition) is 1. The molecule has 0 aliphatic carbocycles. The normalized spacial score (nSPS) is 19.3. The van der Waals surface area contributed by atoms with E-state index >= 15 is 0 Å². The number of nitrogens with zero attached hydrogens (tertiary/aromatic N) is 1. The van der Waals surface area contributed by atoms with E-state index in [4.69, 9.17) is 15.2 Å². The molecule has 2 rings (SSSR count). The minimum absolute atomic E-state index is 0.553. The van der Waals surface area contributed by atoms with Crippen LogP contribution in [0.5, 0.6) is 11.5 Å². The lowest BCUT2D eigenvalue weighted by Crippen LogP contribution is -2.40. The largest absolute Gasteiger partial charge is 0.493 e. The monoisotopic (exact) mass is 264 g/mol. The number of rotatable bonds is 5. The standard InChI is InChI=1S/C15H24N2O2/c1-18-14-7-6-13(11-15(14)19-2)17-10-4-3-5-12(17)8-9-16/h6-7,11-12H,3-5,8-10,16H2,1-2H3. The molecule has 1 aromatic rings. The molecule has 0 saturated carbocycles. The average Bonchev–Trinajstić information content (AvgIpc) is 2.47. The van der Waals surface area contributed by atoms with Crippen LogP contribution in [-0.2, 0) is 0 Å². The maximum atomic E-state index is 5.73. The molecular formula is C15H24N2O2. The number of ether oxygens (including phenoxy) is 2. The third-order valence-electron chi connectivity index (χ3n) is 3.83. The molecule has 4 nitrogen and oxygen atoms in total. The quantitative estimate of drug-likeness (QED) is 0.887. The summed E-state index contributed by atoms with van der Waals surface area (Å²) in [5.41, 5.74) is 6.93. The average molecular weight is 264 g/mol. The number of methoxy groups -OCH3 is 2. The molecule has 4 heteroatoms. The number of anilines is 1. The van der Waals surface area contributed by atoms with Crippen LogP contribution in [0.2, 0.25) is 0 Å². The van der Waals surface area contributed by atoms with Crippen molar-refractivity contribution in [3.63, 3.8) is 0 Å². The van der Waals surface area contributed by atoms with Gasteiger partial charge in [0.25, 0.3) is 0 Å². The molecule has 1 unspecified atom stereocenters. The van der Waals surface area contributed by atoms with Crippen LogP contribution in [0.15, 0.2) is 18.2 Å². The fourth-order valence-corrected chi connectivity index (χ4v) is 2.84. The van der Waals surface area contributed by atoms with Gasteiger partial charge in [0.05, 0.1) is 14.2 Å². The first-order chi connectivity index (χ1) is 9.30. The minimum atomic E-state index is 0.553. The van der Waals surface area contributed by atoms with Crippen molar-refractivity contribution >= 4 is 5.69 Å². The van der Waals surface area contributed by atoms with Gasteiger partial charge in [-0.05, 0) is 44.4 Å². The topological polar surface area (TPSA) is 47.7 Å². The van der Waals surface area contributed by atoms with E-state index < -0.39 is 0 Å². The van der Waals surface area contributed by atoms with Gasteiger partial charge in [-0.1, -0.05) is 0 Å². The Morgan fingerprint density at radius 1 is 1.21 bits per heavy atom. The second-order valence-electron chi connectivity index (χ2n) is 4.96. The molecule has 106 valence electrons. The third kappa shape index (κ3) is 3.13. The molecule has 0 radical (unpaired) electrons. The van der Waals surface area contributed by atoms with Crippen LogP contribution in [0.3, 0.4) is 0 Å². The Bertz CT molecular complexity index is 407. The van der Waals surface area contributed by atoms with Gasteiger partial charge in [0.1, 0.15) is 0 Å². The van der Waals surface area contributed by atoms with Crippen LogP contribution in [0.4, 0.5) is 5.69 Å². The van der Waals surface area contributed by atoms with Crippen LogP contribution in [0, 0.1) is 0 Å². The molecule has 0 bridgehead atoms. The molecule has 0 amide bonds. The summed E-state index contributed by atoms with van der Waals surface area (Å²) >= 11 is 0. The summed E-state index contributed by atoms with van der Waals surface area (Å²) < 4.78 is 10.7. The lowest BCUT2D eigenvalue weighted by molar-refractivity contribution is 0.354. The summed E-state index contributed by atoms with van der Waals surface area (Å²) in [5, 5.41) is 0. The van der Waals surface area contributed by atoms with Crippen molar-refractivity contribution in [2.45, 2.75) is 31.7 Å². The molecule has 1 atom stereocenters. The third-order valence-corrected chi connectivity index (χ3v) is 3.83. The van der Waals surface area contributed by atoms with Crippen molar-refractivity contribution in [3.8, 4) is 11.5 Å². The van der Waals surface area contributed by atoms with E-state index in [1.54, 1.807) is 14.2 Å². The molecule has 1 saturated heterocycles. The van der Waals surface area contributed by atoms with Crippen molar-refractivity contribution in [1.29, 1.82) is 0 Å². The van der Waals surface area contributed by atoms with Crippen molar-refractivity contribution < 1.29 is 9.47 Å². The van der Waals surface area contributed by atoms with E-state index in [2.05, 4.69) is 17.0 Å². The van der Waals surface area contributed by atoms with Crippen LogP contribution in [0.25, 0.3) is 0 Å². The molecule has 0 aromatic heterocycles. The van der Waals surface area contributed by atoms with Gasteiger partial charge in [-0.15, -0.1) is 0 Å². The van der Waals surface area contributed by atoms with E-state index in [0.717, 1.165) is 31.0 Å². The maximum absolute atomic E-state index is 5.73. The Hall–Kier alpha value is -1.42. The van der Waals surface area contributed by atoms with Crippen molar-refractivity contribution in [2.75, 3.05) is 32.2 Å². The molecule has 1 aliphatic rings. The fraction of sp³-hybridized carbons (Fsp3) is 0.600. The van der Waals surface area contributed by atoms with Crippen LogP contribution >= 0.6 is 0 Å². The van der Waals surface area contributed by atoms with Gasteiger partial charge in [-0.2, -0.15) is 0 Å². The molecule has 2 N–H and O–H groups in total. The van der Waals surface area contributed by atoms with Crippen molar-refractivity contribution in [1.82, 2.24) is 0 Å². The van der Waals surface area contributed by atoms with Crippen molar-refractivity contribution in [3.05, 3.63) is 18.2 Å². The first-order valence-electron chi connectivity index (χ1n) is 6.99. The Morgan fingerprint density at radius 2 is 2.00 bits per heavy atom. The molecule has 19 heavy (non-hydrogen) atoms. The minimum Gasteiger partial charge on any atom is -0.493 e. The van der Waals surface area contributed by atoms with E-state index in [-0.39, 0.29) is 0 Å². The zero-order valence-corrected chi connectivity index (χ0v) is 11.9. The highest BCUT2D eigenvalue weighted by Crippen LogP contribution is 2.34. The van der Waals surface area contributed by atoms with Crippen molar-refractivity contribution in [2.24, 2.45) is 5.73 Å². The smallest absolute Gasteiger partial charge is 0.162 e. The highest BCUT2D eigenvalue weighted by molar-refractivity contribution is 5.57.